The third kappa shape index (κ3) is 4.25. The molecule has 1 aromatic carbocycles. The first kappa shape index (κ1) is 16.4. The van der Waals surface area contributed by atoms with Crippen molar-refractivity contribution in [2.75, 3.05) is 13.1 Å². The van der Waals surface area contributed by atoms with Crippen molar-refractivity contribution in [2.24, 2.45) is 5.84 Å². The molecule has 2 rings (SSSR count). The molecule has 0 saturated carbocycles. The lowest BCUT2D eigenvalue weighted by Crippen LogP contribution is -2.60. The number of benzene rings is 1. The molecule has 118 valence electrons. The Kier molecular flexibility index (Phi) is 5.73. The maximum atomic E-state index is 13.4. The summed E-state index contributed by atoms with van der Waals surface area (Å²) >= 11 is 0. The van der Waals surface area contributed by atoms with Gasteiger partial charge in [-0.3, -0.25) is 16.2 Å². The first-order valence-electron chi connectivity index (χ1n) is 7.99. The minimum atomic E-state index is -0.184. The molecular weight excluding hydrogens is 265 g/mol. The average molecular weight is 293 g/mol. The summed E-state index contributed by atoms with van der Waals surface area (Å²) in [6.07, 6.45) is 5.87. The van der Waals surface area contributed by atoms with Crippen LogP contribution in [0.3, 0.4) is 0 Å². The molecule has 4 heteroatoms. The Hall–Kier alpha value is -0.970. The summed E-state index contributed by atoms with van der Waals surface area (Å²) in [7, 11) is 0. The number of nitrogens with two attached hydrogens (primary N) is 1. The lowest BCUT2D eigenvalue weighted by atomic mass is 9.87. The van der Waals surface area contributed by atoms with E-state index in [1.807, 2.05) is 6.07 Å². The van der Waals surface area contributed by atoms with Crippen LogP contribution in [0.2, 0.25) is 0 Å². The highest BCUT2D eigenvalue weighted by Crippen LogP contribution is 2.25. The number of hydrogen-bond donors (Lipinski definition) is 2. The van der Waals surface area contributed by atoms with E-state index in [0.717, 1.165) is 25.1 Å². The highest BCUT2D eigenvalue weighted by Gasteiger charge is 2.35. The van der Waals surface area contributed by atoms with Gasteiger partial charge < -0.3 is 0 Å². The number of nitrogens with zero attached hydrogens (tertiary/aromatic N) is 1. The van der Waals surface area contributed by atoms with Crippen molar-refractivity contribution in [3.8, 4) is 0 Å². The zero-order valence-electron chi connectivity index (χ0n) is 13.2. The Morgan fingerprint density at radius 1 is 1.24 bits per heavy atom. The van der Waals surface area contributed by atoms with Gasteiger partial charge in [0.05, 0.1) is 0 Å². The fourth-order valence-corrected chi connectivity index (χ4v) is 3.28. The molecule has 0 bridgehead atoms. The molecule has 1 fully saturated rings. The molecule has 0 amide bonds. The van der Waals surface area contributed by atoms with Crippen molar-refractivity contribution in [1.29, 1.82) is 0 Å². The number of hydrazine groups is 1. The van der Waals surface area contributed by atoms with Gasteiger partial charge in [-0.15, -0.1) is 0 Å². The Balaban J connectivity index is 2.10. The summed E-state index contributed by atoms with van der Waals surface area (Å²) in [6, 6.07) is 6.90. The van der Waals surface area contributed by atoms with Crippen molar-refractivity contribution in [1.82, 2.24) is 10.3 Å². The average Bonchev–Trinajstić information content (AvgIpc) is 2.74. The first-order chi connectivity index (χ1) is 10.0. The summed E-state index contributed by atoms with van der Waals surface area (Å²) < 4.78 is 13.4. The smallest absolute Gasteiger partial charge is 0.123 e. The van der Waals surface area contributed by atoms with Crippen molar-refractivity contribution >= 4 is 0 Å². The Morgan fingerprint density at radius 3 is 2.48 bits per heavy atom. The van der Waals surface area contributed by atoms with E-state index >= 15 is 0 Å². The number of nitrogens with one attached hydrogen (secondary N) is 1. The topological polar surface area (TPSA) is 41.3 Å². The molecule has 1 unspecified atom stereocenters. The van der Waals surface area contributed by atoms with Crippen LogP contribution in [-0.4, -0.2) is 29.6 Å². The molecule has 21 heavy (non-hydrogen) atoms. The Labute approximate surface area is 127 Å². The van der Waals surface area contributed by atoms with E-state index in [-0.39, 0.29) is 17.4 Å². The van der Waals surface area contributed by atoms with Crippen molar-refractivity contribution in [2.45, 2.75) is 57.5 Å². The van der Waals surface area contributed by atoms with Gasteiger partial charge in [-0.05, 0) is 63.9 Å². The van der Waals surface area contributed by atoms with E-state index in [1.54, 1.807) is 12.1 Å². The molecule has 1 aliphatic rings. The minimum Gasteiger partial charge on any atom is -0.297 e. The summed E-state index contributed by atoms with van der Waals surface area (Å²) in [5.74, 6) is 5.64. The molecule has 3 nitrogen and oxygen atoms in total. The second kappa shape index (κ2) is 7.34. The van der Waals surface area contributed by atoms with E-state index < -0.39 is 0 Å². The van der Waals surface area contributed by atoms with Gasteiger partial charge >= 0.3 is 0 Å². The lowest BCUT2D eigenvalue weighted by Gasteiger charge is -2.43. The van der Waals surface area contributed by atoms with Gasteiger partial charge in [0, 0.05) is 11.6 Å². The standard InChI is InChI=1S/C17H28FN3/c1-17(2,21-10-5-3-4-6-11-21)16(20-19)13-14-8-7-9-15(18)12-14/h7-9,12,16,20H,3-6,10-11,13,19H2,1-2H3. The summed E-state index contributed by atoms with van der Waals surface area (Å²) in [6.45, 7) is 6.72. The summed E-state index contributed by atoms with van der Waals surface area (Å²) in [5, 5.41) is 0. The molecule has 1 aliphatic heterocycles. The molecular formula is C17H28FN3. The van der Waals surface area contributed by atoms with Gasteiger partial charge in [0.2, 0.25) is 0 Å². The highest BCUT2D eigenvalue weighted by molar-refractivity contribution is 5.18. The van der Waals surface area contributed by atoms with Crippen LogP contribution in [0.25, 0.3) is 0 Å². The molecule has 0 spiro atoms. The van der Waals surface area contributed by atoms with Crippen LogP contribution in [0.1, 0.15) is 45.1 Å². The van der Waals surface area contributed by atoms with Crippen LogP contribution in [0.5, 0.6) is 0 Å². The fourth-order valence-electron chi connectivity index (χ4n) is 3.28. The number of rotatable bonds is 5. The molecule has 0 aromatic heterocycles. The van der Waals surface area contributed by atoms with Crippen LogP contribution in [0, 0.1) is 5.82 Å². The molecule has 0 aliphatic carbocycles. The van der Waals surface area contributed by atoms with E-state index in [1.165, 1.54) is 31.7 Å². The van der Waals surface area contributed by atoms with Crippen LogP contribution >= 0.6 is 0 Å². The van der Waals surface area contributed by atoms with Crippen LogP contribution in [0.4, 0.5) is 4.39 Å². The molecule has 3 N–H and O–H groups in total. The van der Waals surface area contributed by atoms with E-state index in [9.17, 15) is 4.39 Å². The molecule has 1 saturated heterocycles. The largest absolute Gasteiger partial charge is 0.297 e. The van der Waals surface area contributed by atoms with E-state index in [4.69, 9.17) is 5.84 Å². The third-order valence-corrected chi connectivity index (χ3v) is 4.80. The molecule has 1 aromatic rings. The zero-order valence-corrected chi connectivity index (χ0v) is 13.2. The normalized spacial score (nSPS) is 19.2. The van der Waals surface area contributed by atoms with Gasteiger partial charge in [-0.1, -0.05) is 25.0 Å². The second-order valence-corrected chi connectivity index (χ2v) is 6.61. The first-order valence-corrected chi connectivity index (χ1v) is 7.99. The van der Waals surface area contributed by atoms with Gasteiger partial charge in [0.15, 0.2) is 0 Å². The quantitative estimate of drug-likeness (QED) is 0.648. The summed E-state index contributed by atoms with van der Waals surface area (Å²) in [4.78, 5) is 2.53. The summed E-state index contributed by atoms with van der Waals surface area (Å²) in [5.41, 5.74) is 3.90. The predicted octanol–water partition coefficient (Wildman–Crippen LogP) is 2.85. The van der Waals surface area contributed by atoms with Crippen LogP contribution in [-0.2, 0) is 6.42 Å². The number of likely N-dealkylation sites (tertiary alicyclic amines) is 1. The van der Waals surface area contributed by atoms with Gasteiger partial charge in [0.1, 0.15) is 5.82 Å². The zero-order chi connectivity index (χ0) is 15.3. The predicted molar refractivity (Wildman–Crippen MR) is 85.3 cm³/mol. The van der Waals surface area contributed by atoms with Gasteiger partial charge in [0.25, 0.3) is 0 Å². The Morgan fingerprint density at radius 2 is 1.90 bits per heavy atom. The molecule has 1 atom stereocenters. The van der Waals surface area contributed by atoms with Gasteiger partial charge in [-0.2, -0.15) is 0 Å². The van der Waals surface area contributed by atoms with Gasteiger partial charge in [-0.25, -0.2) is 4.39 Å². The number of halogens is 1. The van der Waals surface area contributed by atoms with Crippen molar-refractivity contribution < 1.29 is 4.39 Å². The maximum Gasteiger partial charge on any atom is 0.123 e. The van der Waals surface area contributed by atoms with Crippen LogP contribution < -0.4 is 11.3 Å². The fraction of sp³-hybridized carbons (Fsp3) is 0.647. The molecule has 1 heterocycles. The van der Waals surface area contributed by atoms with Crippen molar-refractivity contribution in [3.05, 3.63) is 35.6 Å². The maximum absolute atomic E-state index is 13.4. The Bertz CT molecular complexity index is 439. The van der Waals surface area contributed by atoms with Crippen molar-refractivity contribution in [3.63, 3.8) is 0 Å². The van der Waals surface area contributed by atoms with E-state index in [0.29, 0.717) is 0 Å². The lowest BCUT2D eigenvalue weighted by molar-refractivity contribution is 0.0835. The third-order valence-electron chi connectivity index (χ3n) is 4.80. The minimum absolute atomic E-state index is 0.0502. The SMILES string of the molecule is CC(C)(C(Cc1cccc(F)c1)NN)N1CCCCCC1. The number of hydrogen-bond acceptors (Lipinski definition) is 3. The second-order valence-electron chi connectivity index (χ2n) is 6.61. The highest BCUT2D eigenvalue weighted by atomic mass is 19.1. The van der Waals surface area contributed by atoms with Crippen LogP contribution in [0.15, 0.2) is 24.3 Å². The monoisotopic (exact) mass is 293 g/mol. The molecule has 0 radical (unpaired) electrons. The van der Waals surface area contributed by atoms with E-state index in [2.05, 4.69) is 24.2 Å².